The lowest BCUT2D eigenvalue weighted by Gasteiger charge is -2.09. The summed E-state index contributed by atoms with van der Waals surface area (Å²) in [7, 11) is 0. The van der Waals surface area contributed by atoms with Gasteiger partial charge in [-0.25, -0.2) is 4.57 Å². The predicted molar refractivity (Wildman–Crippen MR) is 59.8 cm³/mol. The van der Waals surface area contributed by atoms with Crippen molar-refractivity contribution in [1.82, 2.24) is 4.98 Å². The number of hydrogen-bond acceptors (Lipinski definition) is 2. The quantitative estimate of drug-likeness (QED) is 0.550. The van der Waals surface area contributed by atoms with E-state index in [2.05, 4.69) is 4.98 Å². The van der Waals surface area contributed by atoms with Crippen molar-refractivity contribution in [2.24, 2.45) is 0 Å². The second-order valence-electron chi connectivity index (χ2n) is 3.51. The number of hydrogen-bond donors (Lipinski definition) is 0. The van der Waals surface area contributed by atoms with Gasteiger partial charge in [-0.15, -0.1) is 0 Å². The molecule has 0 bridgehead atoms. The molecule has 1 heterocycles. The molecular formula is C13H12N2O. The molecule has 0 saturated heterocycles. The third-order valence-electron chi connectivity index (χ3n) is 2.21. The Morgan fingerprint density at radius 2 is 2.00 bits per heavy atom. The van der Waals surface area contributed by atoms with E-state index in [1.165, 1.54) is 6.20 Å². The van der Waals surface area contributed by atoms with E-state index in [4.69, 9.17) is 0 Å². The van der Waals surface area contributed by atoms with Crippen LogP contribution in [-0.2, 0) is 0 Å². The van der Waals surface area contributed by atoms with Crippen LogP contribution in [-0.4, -0.2) is 4.98 Å². The zero-order chi connectivity index (χ0) is 11.4. The Labute approximate surface area is 94.3 Å². The van der Waals surface area contributed by atoms with E-state index >= 15 is 0 Å². The molecule has 0 unspecified atom stereocenters. The molecule has 0 saturated carbocycles. The third-order valence-corrected chi connectivity index (χ3v) is 2.21. The summed E-state index contributed by atoms with van der Waals surface area (Å²) in [4.78, 5) is 4.11. The minimum atomic E-state index is -0.0312. The fourth-order valence-electron chi connectivity index (χ4n) is 1.32. The molecule has 3 heteroatoms. The Morgan fingerprint density at radius 3 is 2.62 bits per heavy atom. The van der Waals surface area contributed by atoms with Gasteiger partial charge in [0.1, 0.15) is 0 Å². The van der Waals surface area contributed by atoms with Crippen molar-refractivity contribution in [2.75, 3.05) is 0 Å². The molecule has 2 aromatic rings. The van der Waals surface area contributed by atoms with Crippen LogP contribution in [0.4, 0.5) is 0 Å². The zero-order valence-electron chi connectivity index (χ0n) is 9.00. The van der Waals surface area contributed by atoms with Crippen LogP contribution in [0.2, 0.25) is 0 Å². The predicted octanol–water partition coefficient (Wildman–Crippen LogP) is 0.993. The molecule has 2 rings (SSSR count). The molecule has 1 aromatic heterocycles. The molecule has 0 atom stereocenters. The SMILES string of the molecule is Cc1cc[n+](/C=C(\[O-])c2ccccc2)cn1. The highest BCUT2D eigenvalue weighted by atomic mass is 16.3. The van der Waals surface area contributed by atoms with Crippen LogP contribution < -0.4 is 9.67 Å². The normalized spacial score (nSPS) is 11.4. The van der Waals surface area contributed by atoms with Gasteiger partial charge in [0.25, 0.3) is 6.33 Å². The number of aryl methyl sites for hydroxylation is 1. The van der Waals surface area contributed by atoms with Gasteiger partial charge in [-0.2, -0.15) is 0 Å². The molecule has 80 valence electrons. The summed E-state index contributed by atoms with van der Waals surface area (Å²) in [5, 5.41) is 11.8. The van der Waals surface area contributed by atoms with E-state index in [-0.39, 0.29) is 5.76 Å². The van der Waals surface area contributed by atoms with Crippen molar-refractivity contribution >= 4 is 12.0 Å². The van der Waals surface area contributed by atoms with Gasteiger partial charge in [0.15, 0.2) is 5.69 Å². The van der Waals surface area contributed by atoms with Crippen LogP contribution in [0, 0.1) is 6.92 Å². The largest absolute Gasteiger partial charge is 0.870 e. The molecule has 16 heavy (non-hydrogen) atoms. The average Bonchev–Trinajstić information content (AvgIpc) is 2.33. The minimum absolute atomic E-state index is 0.0312. The molecule has 3 nitrogen and oxygen atoms in total. The van der Waals surface area contributed by atoms with Gasteiger partial charge >= 0.3 is 0 Å². The Bertz CT molecular complexity index is 489. The van der Waals surface area contributed by atoms with Crippen molar-refractivity contribution in [1.29, 1.82) is 0 Å². The van der Waals surface area contributed by atoms with E-state index in [1.54, 1.807) is 23.0 Å². The molecular weight excluding hydrogens is 200 g/mol. The fourth-order valence-corrected chi connectivity index (χ4v) is 1.32. The van der Waals surface area contributed by atoms with E-state index in [1.807, 2.05) is 37.4 Å². The summed E-state index contributed by atoms with van der Waals surface area (Å²) in [5.41, 5.74) is 1.60. The first-order valence-electron chi connectivity index (χ1n) is 5.03. The lowest BCUT2D eigenvalue weighted by atomic mass is 10.2. The molecule has 0 aliphatic rings. The van der Waals surface area contributed by atoms with Crippen LogP contribution in [0.1, 0.15) is 11.3 Å². The number of rotatable bonds is 2. The highest BCUT2D eigenvalue weighted by Gasteiger charge is 1.96. The van der Waals surface area contributed by atoms with Gasteiger partial charge < -0.3 is 5.11 Å². The topological polar surface area (TPSA) is 39.8 Å². The molecule has 0 spiro atoms. The monoisotopic (exact) mass is 212 g/mol. The summed E-state index contributed by atoms with van der Waals surface area (Å²) < 4.78 is 1.66. The molecule has 0 amide bonds. The molecule has 0 aliphatic carbocycles. The van der Waals surface area contributed by atoms with Crippen molar-refractivity contribution in [3.8, 4) is 0 Å². The summed E-state index contributed by atoms with van der Waals surface area (Å²) in [6.45, 7) is 1.91. The molecule has 1 aromatic carbocycles. The van der Waals surface area contributed by atoms with Crippen LogP contribution in [0.3, 0.4) is 0 Å². The van der Waals surface area contributed by atoms with E-state index in [0.29, 0.717) is 5.56 Å². The Balaban J connectivity index is 2.28. The van der Waals surface area contributed by atoms with Crippen LogP contribution >= 0.6 is 0 Å². The van der Waals surface area contributed by atoms with Crippen LogP contribution in [0.15, 0.2) is 48.9 Å². The number of nitrogens with zero attached hydrogens (tertiary/aromatic N) is 2. The lowest BCUT2D eigenvalue weighted by Crippen LogP contribution is -2.27. The summed E-state index contributed by atoms with van der Waals surface area (Å²) in [5.74, 6) is -0.0312. The van der Waals surface area contributed by atoms with Gasteiger partial charge in [-0.1, -0.05) is 41.1 Å². The molecule has 0 N–H and O–H groups in total. The zero-order valence-corrected chi connectivity index (χ0v) is 9.00. The second kappa shape index (κ2) is 4.57. The highest BCUT2D eigenvalue weighted by Crippen LogP contribution is 2.06. The molecule has 0 fully saturated rings. The highest BCUT2D eigenvalue weighted by molar-refractivity contribution is 5.64. The van der Waals surface area contributed by atoms with Gasteiger partial charge in [-0.3, -0.25) is 0 Å². The first kappa shape index (κ1) is 10.4. The minimum Gasteiger partial charge on any atom is -0.870 e. The van der Waals surface area contributed by atoms with E-state index in [0.717, 1.165) is 5.69 Å². The maximum absolute atomic E-state index is 11.8. The maximum Gasteiger partial charge on any atom is 0.290 e. The van der Waals surface area contributed by atoms with Gasteiger partial charge in [0.05, 0.1) is 12.4 Å². The Morgan fingerprint density at radius 1 is 1.25 bits per heavy atom. The molecule has 0 aliphatic heterocycles. The summed E-state index contributed by atoms with van der Waals surface area (Å²) >= 11 is 0. The van der Waals surface area contributed by atoms with Gasteiger partial charge in [0.2, 0.25) is 0 Å². The molecule has 0 radical (unpaired) electrons. The Hall–Kier alpha value is -2.16. The van der Waals surface area contributed by atoms with E-state index < -0.39 is 0 Å². The number of benzene rings is 1. The van der Waals surface area contributed by atoms with E-state index in [9.17, 15) is 5.11 Å². The van der Waals surface area contributed by atoms with Crippen LogP contribution in [0.5, 0.6) is 0 Å². The fraction of sp³-hybridized carbons (Fsp3) is 0.0769. The van der Waals surface area contributed by atoms with Crippen LogP contribution in [0.25, 0.3) is 12.0 Å². The van der Waals surface area contributed by atoms with Gasteiger partial charge in [0, 0.05) is 13.0 Å². The smallest absolute Gasteiger partial charge is 0.290 e. The lowest BCUT2D eigenvalue weighted by molar-refractivity contribution is -0.573. The first-order chi connectivity index (χ1) is 7.75. The standard InChI is InChI=1S/C13H12N2O/c1-11-7-8-15(10-14-11)9-13(16)12-5-3-2-4-6-12/h2-10H,1H3/b13-9-. The maximum atomic E-state index is 11.8. The summed E-state index contributed by atoms with van der Waals surface area (Å²) in [6, 6.07) is 11.0. The third kappa shape index (κ3) is 2.45. The van der Waals surface area contributed by atoms with Crippen molar-refractivity contribution in [2.45, 2.75) is 6.92 Å². The number of aromatic nitrogens is 2. The van der Waals surface area contributed by atoms with Gasteiger partial charge in [-0.05, 0) is 5.56 Å². The summed E-state index contributed by atoms with van der Waals surface area (Å²) in [6.07, 6.45) is 4.95. The second-order valence-corrected chi connectivity index (χ2v) is 3.51. The van der Waals surface area contributed by atoms with Crippen molar-refractivity contribution < 1.29 is 9.67 Å². The average molecular weight is 212 g/mol. The Kier molecular flexibility index (Phi) is 2.96. The first-order valence-corrected chi connectivity index (χ1v) is 5.03. The van der Waals surface area contributed by atoms with Crippen molar-refractivity contribution in [3.05, 3.63) is 60.2 Å². The van der Waals surface area contributed by atoms with Crippen molar-refractivity contribution in [3.63, 3.8) is 0 Å².